The van der Waals surface area contributed by atoms with Gasteiger partial charge in [-0.25, -0.2) is 0 Å². The Labute approximate surface area is 302 Å². The van der Waals surface area contributed by atoms with Gasteiger partial charge in [0.05, 0.1) is 0 Å². The average Bonchev–Trinajstić information content (AvgIpc) is 3.99. The molecule has 0 saturated carbocycles. The van der Waals surface area contributed by atoms with E-state index < -0.39 is 22.1 Å². The molecule has 6 heteroatoms. The number of rotatable bonds is 4. The molecule has 4 aromatic carbocycles. The Hall–Kier alpha value is -5.31. The van der Waals surface area contributed by atoms with E-state index in [1.165, 1.54) is 0 Å². The number of allylic oxidation sites excluding steroid dienone is 4. The molecule has 0 N–H and O–H groups in total. The van der Waals surface area contributed by atoms with Crippen molar-refractivity contribution in [2.45, 2.75) is 0 Å². The van der Waals surface area contributed by atoms with Gasteiger partial charge in [-0.3, -0.25) is 0 Å². The van der Waals surface area contributed by atoms with Crippen LogP contribution in [0, 0.1) is 0 Å². The Morgan fingerprint density at radius 2 is 0.740 bits per heavy atom. The first-order valence-electron chi connectivity index (χ1n) is 16.8. The van der Waals surface area contributed by atoms with Crippen LogP contribution in [0.3, 0.4) is 0 Å². The molecule has 0 aliphatic carbocycles. The van der Waals surface area contributed by atoms with E-state index in [2.05, 4.69) is 175 Å². The van der Waals surface area contributed by atoms with Gasteiger partial charge in [0.25, 0.3) is 0 Å². The second-order valence-electron chi connectivity index (χ2n) is 12.7. The van der Waals surface area contributed by atoms with Crippen LogP contribution < -0.4 is 10.7 Å². The number of fused-ring (bicyclic) bond motifs is 2. The summed E-state index contributed by atoms with van der Waals surface area (Å²) in [4.78, 5) is 10.9. The second kappa shape index (κ2) is 11.9. The summed E-state index contributed by atoms with van der Waals surface area (Å²) in [6.45, 7) is 0. The molecule has 0 spiro atoms. The number of hydrogen-bond donors (Lipinski definition) is 0. The van der Waals surface area contributed by atoms with E-state index in [0.717, 1.165) is 89.4 Å². The number of halogens is 1. The van der Waals surface area contributed by atoms with Gasteiger partial charge in [0.15, 0.2) is 0 Å². The summed E-state index contributed by atoms with van der Waals surface area (Å²) in [5.41, 5.74) is 14.6. The van der Waals surface area contributed by atoms with Crippen molar-refractivity contribution in [2.24, 2.45) is 9.98 Å². The molecule has 0 saturated heterocycles. The van der Waals surface area contributed by atoms with Crippen molar-refractivity contribution in [3.05, 3.63) is 226 Å². The normalized spacial score (nSPS) is 15.9. The SMILES string of the molecule is [Cl][Tl]1[n]2c3ccc2C(c2ccccc2)=C2C=CC(=N2)C(c2ccccc2)=c2ccc([n]21)=C(c1ccccc1)C1=NC(=C3c2ccccc2)C=C1. The molecule has 6 aromatic rings. The fraction of sp³-hybridized carbons (Fsp3) is 0. The monoisotopic (exact) mass is 852 g/mol. The van der Waals surface area contributed by atoms with Gasteiger partial charge in [0.1, 0.15) is 0 Å². The summed E-state index contributed by atoms with van der Waals surface area (Å²) in [5.74, 6) is 0. The standard InChI is InChI=1S/C44H28N4.ClH.Tl/c1-5-13-29(14-6-1)41-33-21-23-35(45-33)42(30-15-7-2-8-16-30)37-25-27-39(47-37)44(32-19-11-4-12-20-32)40-28-26-38(48-40)43(31-17-9-3-10-18-31)36-24-22-34(41)46-36;;/h1-28H;1H;/q-2;;+3/p-1. The second-order valence-corrected chi connectivity index (χ2v) is 22.5. The van der Waals surface area contributed by atoms with Gasteiger partial charge in [0, 0.05) is 0 Å². The first-order chi connectivity index (χ1) is 24.7. The number of benzene rings is 4. The third kappa shape index (κ3) is 4.62. The molecule has 4 nitrogen and oxygen atoms in total. The van der Waals surface area contributed by atoms with Gasteiger partial charge in [-0.05, 0) is 0 Å². The van der Waals surface area contributed by atoms with E-state index in [4.69, 9.17) is 18.3 Å². The van der Waals surface area contributed by atoms with Crippen LogP contribution in [0.15, 0.2) is 191 Å². The Morgan fingerprint density at radius 1 is 0.380 bits per heavy atom. The van der Waals surface area contributed by atoms with Crippen LogP contribution in [-0.2, 0) is 0 Å². The van der Waals surface area contributed by atoms with Crippen molar-refractivity contribution in [3.63, 3.8) is 0 Å². The maximum atomic E-state index is 8.31. The Kier molecular flexibility index (Phi) is 7.06. The predicted octanol–water partition coefficient (Wildman–Crippen LogP) is 7.88. The zero-order chi connectivity index (χ0) is 33.2. The van der Waals surface area contributed by atoms with Crippen molar-refractivity contribution < 1.29 is 0 Å². The quantitative estimate of drug-likeness (QED) is 0.162. The van der Waals surface area contributed by atoms with Crippen molar-refractivity contribution in [3.8, 4) is 0 Å². The zero-order valence-corrected chi connectivity index (χ0v) is 32.2. The number of hydrogen-bond acceptors (Lipinski definition) is 2. The van der Waals surface area contributed by atoms with Gasteiger partial charge in [-0.2, -0.15) is 0 Å². The fourth-order valence-corrected chi connectivity index (χ4v) is 19.2. The van der Waals surface area contributed by atoms with Crippen molar-refractivity contribution in [1.29, 1.82) is 0 Å². The Bertz CT molecular complexity index is 2490. The summed E-state index contributed by atoms with van der Waals surface area (Å²) in [6.07, 6.45) is 8.68. The van der Waals surface area contributed by atoms with Gasteiger partial charge in [0.2, 0.25) is 0 Å². The molecule has 0 radical (unpaired) electrons. The van der Waals surface area contributed by atoms with Crippen LogP contribution >= 0.6 is 8.32 Å². The molecule has 6 heterocycles. The molecule has 234 valence electrons. The number of nitrogens with zero attached hydrogens (tertiary/aromatic N) is 4. The Balaban J connectivity index is 1.45. The first kappa shape index (κ1) is 29.6. The van der Waals surface area contributed by atoms with E-state index >= 15 is 0 Å². The third-order valence-corrected chi connectivity index (χ3v) is 20.9. The minimum absolute atomic E-state index is 0.932. The van der Waals surface area contributed by atoms with Crippen LogP contribution in [0.25, 0.3) is 22.3 Å². The van der Waals surface area contributed by atoms with Gasteiger partial charge in [-0.15, -0.1) is 0 Å². The van der Waals surface area contributed by atoms with Gasteiger partial charge < -0.3 is 0 Å². The van der Waals surface area contributed by atoms with Crippen LogP contribution in [0.1, 0.15) is 33.6 Å². The van der Waals surface area contributed by atoms with E-state index in [0.29, 0.717) is 0 Å². The summed E-state index contributed by atoms with van der Waals surface area (Å²) in [6, 6.07) is 51.5. The molecule has 50 heavy (non-hydrogen) atoms. The Morgan fingerprint density at radius 3 is 1.12 bits per heavy atom. The molecule has 0 amide bonds. The van der Waals surface area contributed by atoms with E-state index in [-0.39, 0.29) is 0 Å². The van der Waals surface area contributed by atoms with Gasteiger partial charge in [-0.1, -0.05) is 0 Å². The molecular weight excluding hydrogens is 824 g/mol. The van der Waals surface area contributed by atoms with E-state index in [9.17, 15) is 0 Å². The third-order valence-electron chi connectivity index (χ3n) is 9.84. The van der Waals surface area contributed by atoms with Crippen LogP contribution in [0.4, 0.5) is 0 Å². The molecule has 10 rings (SSSR count). The average molecular weight is 853 g/mol. The van der Waals surface area contributed by atoms with Crippen molar-refractivity contribution in [1.82, 2.24) is 4.75 Å². The molecule has 4 aliphatic heterocycles. The molecule has 6 bridgehead atoms. The maximum absolute atomic E-state index is 8.31. The van der Waals surface area contributed by atoms with Crippen LogP contribution in [0.5, 0.6) is 0 Å². The van der Waals surface area contributed by atoms with E-state index in [1.54, 1.807) is 0 Å². The van der Waals surface area contributed by atoms with Crippen LogP contribution in [0.2, 0.25) is 0 Å². The number of aromatic nitrogens is 2. The van der Waals surface area contributed by atoms with Crippen LogP contribution in [-0.4, -0.2) is 38.3 Å². The van der Waals surface area contributed by atoms with Crippen molar-refractivity contribution >= 4 is 64.1 Å². The first-order valence-corrected chi connectivity index (χ1v) is 26.4. The van der Waals surface area contributed by atoms with E-state index in [1.807, 2.05) is 0 Å². The molecule has 2 aromatic heterocycles. The van der Waals surface area contributed by atoms with Gasteiger partial charge >= 0.3 is 304 Å². The summed E-state index contributed by atoms with van der Waals surface area (Å²) in [5, 5.41) is 2.15. The molecule has 0 fully saturated rings. The minimum atomic E-state index is -3.89. The predicted molar refractivity (Wildman–Crippen MR) is 206 cm³/mol. The zero-order valence-electron chi connectivity index (χ0n) is 26.9. The molecule has 4 aliphatic rings. The molecule has 0 atom stereocenters. The number of aliphatic imine (C=N–C) groups is 2. The topological polar surface area (TPSA) is 34.6 Å². The van der Waals surface area contributed by atoms with Crippen molar-refractivity contribution in [2.75, 3.05) is 0 Å². The summed E-state index contributed by atoms with van der Waals surface area (Å²) < 4.78 is 5.01. The molecular formula is C44H28ClN4Tl. The molecule has 0 unspecified atom stereocenters. The summed E-state index contributed by atoms with van der Waals surface area (Å²) in [7, 11) is 8.31. The summed E-state index contributed by atoms with van der Waals surface area (Å²) >= 11 is -3.89. The fourth-order valence-electron chi connectivity index (χ4n) is 7.69.